The first-order valence-corrected chi connectivity index (χ1v) is 4.20. The van der Waals surface area contributed by atoms with Gasteiger partial charge in [0.05, 0.1) is 0 Å². The van der Waals surface area contributed by atoms with Crippen LogP contribution in [-0.4, -0.2) is 0 Å². The molecule has 11 heavy (non-hydrogen) atoms. The molecule has 0 amide bonds. The van der Waals surface area contributed by atoms with Gasteiger partial charge in [0.1, 0.15) is 0 Å². The summed E-state index contributed by atoms with van der Waals surface area (Å²) in [6.07, 6.45) is 1.24. The van der Waals surface area contributed by atoms with Gasteiger partial charge in [0, 0.05) is 0 Å². The van der Waals surface area contributed by atoms with Crippen LogP contribution < -0.4 is 0 Å². The molecule has 1 aromatic carbocycles. The average molecular weight is 146 g/mol. The minimum absolute atomic E-state index is 0.335. The Kier molecular flexibility index (Phi) is 1.18. The summed E-state index contributed by atoms with van der Waals surface area (Å²) in [6.45, 7) is 6.84. The summed E-state index contributed by atoms with van der Waals surface area (Å²) in [5.74, 6) is 0. The van der Waals surface area contributed by atoms with E-state index in [1.165, 1.54) is 12.0 Å². The molecule has 0 aromatic heterocycles. The van der Waals surface area contributed by atoms with Gasteiger partial charge in [-0.15, -0.1) is 0 Å². The summed E-state index contributed by atoms with van der Waals surface area (Å²) in [5.41, 5.74) is 5.02. The SMILES string of the molecule is CC(C)(C)c1cccc2c1C2. The molecule has 2 rings (SSSR count). The van der Waals surface area contributed by atoms with Crippen LogP contribution in [0, 0.1) is 0 Å². The molecule has 0 N–H and O–H groups in total. The van der Waals surface area contributed by atoms with E-state index < -0.39 is 0 Å². The molecule has 0 bridgehead atoms. The molecule has 0 unspecified atom stereocenters. The van der Waals surface area contributed by atoms with Gasteiger partial charge in [0.15, 0.2) is 0 Å². The van der Waals surface area contributed by atoms with E-state index in [4.69, 9.17) is 0 Å². The average Bonchev–Trinajstić information content (AvgIpc) is 2.60. The molecule has 58 valence electrons. The fourth-order valence-corrected chi connectivity index (χ4v) is 1.64. The number of hydrogen-bond acceptors (Lipinski definition) is 0. The lowest BCUT2D eigenvalue weighted by Crippen LogP contribution is -2.10. The van der Waals surface area contributed by atoms with Crippen LogP contribution in [0.25, 0.3) is 0 Å². The first kappa shape index (κ1) is 6.90. The summed E-state index contributed by atoms with van der Waals surface area (Å²) in [5, 5.41) is 0. The first-order chi connectivity index (χ1) is 5.09. The van der Waals surface area contributed by atoms with E-state index in [0.29, 0.717) is 5.41 Å². The highest BCUT2D eigenvalue weighted by molar-refractivity contribution is 5.52. The van der Waals surface area contributed by atoms with E-state index in [9.17, 15) is 0 Å². The van der Waals surface area contributed by atoms with Gasteiger partial charge >= 0.3 is 0 Å². The fourth-order valence-electron chi connectivity index (χ4n) is 1.64. The Bertz CT molecular complexity index is 289. The topological polar surface area (TPSA) is 0 Å². The second-order valence-electron chi connectivity index (χ2n) is 4.37. The van der Waals surface area contributed by atoms with Crippen LogP contribution in [0.1, 0.15) is 37.5 Å². The zero-order valence-corrected chi connectivity index (χ0v) is 7.44. The Morgan fingerprint density at radius 1 is 1.18 bits per heavy atom. The maximum Gasteiger partial charge on any atom is -0.00170 e. The maximum absolute atomic E-state index is 2.28. The van der Waals surface area contributed by atoms with E-state index in [1.807, 2.05) is 0 Å². The van der Waals surface area contributed by atoms with E-state index in [0.717, 1.165) is 0 Å². The first-order valence-electron chi connectivity index (χ1n) is 4.20. The maximum atomic E-state index is 2.28. The second kappa shape index (κ2) is 1.88. The normalized spacial score (nSPS) is 14.5. The summed E-state index contributed by atoms with van der Waals surface area (Å²) in [4.78, 5) is 0. The van der Waals surface area contributed by atoms with Crippen LogP contribution in [0.3, 0.4) is 0 Å². The van der Waals surface area contributed by atoms with Crippen molar-refractivity contribution in [3.63, 3.8) is 0 Å². The van der Waals surface area contributed by atoms with Crippen LogP contribution in [0.5, 0.6) is 0 Å². The quantitative estimate of drug-likeness (QED) is 0.536. The number of benzene rings is 1. The Labute approximate surface area is 68.3 Å². The summed E-state index contributed by atoms with van der Waals surface area (Å²) >= 11 is 0. The van der Waals surface area contributed by atoms with Crippen molar-refractivity contribution < 1.29 is 0 Å². The Morgan fingerprint density at radius 2 is 1.91 bits per heavy atom. The monoisotopic (exact) mass is 146 g/mol. The standard InChI is InChI=1S/C11H14/c1-11(2,3)10-6-4-5-8-7-9(8)10/h4-6H,7H2,1-3H3. The second-order valence-corrected chi connectivity index (χ2v) is 4.37. The van der Waals surface area contributed by atoms with Gasteiger partial charge in [-0.3, -0.25) is 0 Å². The summed E-state index contributed by atoms with van der Waals surface area (Å²) < 4.78 is 0. The van der Waals surface area contributed by atoms with Crippen molar-refractivity contribution in [1.82, 2.24) is 0 Å². The van der Waals surface area contributed by atoms with Crippen molar-refractivity contribution in [2.45, 2.75) is 32.6 Å². The molecule has 0 aliphatic heterocycles. The van der Waals surface area contributed by atoms with Crippen LogP contribution in [-0.2, 0) is 11.8 Å². The van der Waals surface area contributed by atoms with Crippen molar-refractivity contribution in [3.8, 4) is 0 Å². The third-order valence-electron chi connectivity index (χ3n) is 2.32. The predicted molar refractivity (Wildman–Crippen MR) is 47.9 cm³/mol. The summed E-state index contributed by atoms with van der Waals surface area (Å²) in [6, 6.07) is 6.66. The smallest absolute Gasteiger partial charge is 0.00170 e. The molecule has 1 aromatic rings. The lowest BCUT2D eigenvalue weighted by molar-refractivity contribution is 0.589. The van der Waals surface area contributed by atoms with Gasteiger partial charge in [-0.05, 0) is 28.5 Å². The van der Waals surface area contributed by atoms with Crippen molar-refractivity contribution in [1.29, 1.82) is 0 Å². The van der Waals surface area contributed by atoms with Crippen LogP contribution >= 0.6 is 0 Å². The van der Waals surface area contributed by atoms with Gasteiger partial charge in [0.25, 0.3) is 0 Å². The number of fused-ring (bicyclic) bond motifs is 1. The third kappa shape index (κ3) is 1.07. The van der Waals surface area contributed by atoms with Gasteiger partial charge in [-0.2, -0.15) is 0 Å². The van der Waals surface area contributed by atoms with Crippen molar-refractivity contribution in [3.05, 3.63) is 34.9 Å². The molecule has 0 fully saturated rings. The highest BCUT2D eigenvalue weighted by Gasteiger charge is 2.26. The molecule has 0 heteroatoms. The Hall–Kier alpha value is -0.780. The third-order valence-corrected chi connectivity index (χ3v) is 2.32. The highest BCUT2D eigenvalue weighted by atomic mass is 14.3. The van der Waals surface area contributed by atoms with Gasteiger partial charge in [-0.25, -0.2) is 0 Å². The molecule has 0 saturated carbocycles. The van der Waals surface area contributed by atoms with Crippen molar-refractivity contribution in [2.24, 2.45) is 0 Å². The lowest BCUT2D eigenvalue weighted by Gasteiger charge is -2.18. The van der Waals surface area contributed by atoms with Crippen molar-refractivity contribution >= 4 is 0 Å². The molecule has 0 spiro atoms. The zero-order valence-electron chi connectivity index (χ0n) is 7.44. The van der Waals surface area contributed by atoms with E-state index >= 15 is 0 Å². The summed E-state index contributed by atoms with van der Waals surface area (Å²) in [7, 11) is 0. The number of rotatable bonds is 0. The molecule has 0 nitrogen and oxygen atoms in total. The van der Waals surface area contributed by atoms with Gasteiger partial charge in [-0.1, -0.05) is 39.0 Å². The molecule has 1 aliphatic carbocycles. The fraction of sp³-hybridized carbons (Fsp3) is 0.455. The van der Waals surface area contributed by atoms with E-state index in [-0.39, 0.29) is 0 Å². The Balaban J connectivity index is 2.50. The lowest BCUT2D eigenvalue weighted by atomic mass is 9.87. The molecule has 0 heterocycles. The minimum atomic E-state index is 0.335. The van der Waals surface area contributed by atoms with Crippen LogP contribution in [0.4, 0.5) is 0 Å². The van der Waals surface area contributed by atoms with Crippen molar-refractivity contribution in [2.75, 3.05) is 0 Å². The van der Waals surface area contributed by atoms with Crippen LogP contribution in [0.2, 0.25) is 0 Å². The van der Waals surface area contributed by atoms with Crippen LogP contribution in [0.15, 0.2) is 18.2 Å². The van der Waals surface area contributed by atoms with E-state index in [2.05, 4.69) is 39.0 Å². The minimum Gasteiger partial charge on any atom is -0.0617 e. The molecule has 1 aliphatic rings. The molecular weight excluding hydrogens is 132 g/mol. The molecule has 0 saturated heterocycles. The molecule has 0 atom stereocenters. The van der Waals surface area contributed by atoms with E-state index in [1.54, 1.807) is 11.1 Å². The highest BCUT2D eigenvalue weighted by Crippen LogP contribution is 2.37. The number of hydrogen-bond donors (Lipinski definition) is 0. The molecule has 0 radical (unpaired) electrons. The zero-order chi connectivity index (χ0) is 8.06. The largest absolute Gasteiger partial charge is 0.0617 e. The van der Waals surface area contributed by atoms with Gasteiger partial charge < -0.3 is 0 Å². The predicted octanol–water partition coefficient (Wildman–Crippen LogP) is 2.89. The van der Waals surface area contributed by atoms with Gasteiger partial charge in [0.2, 0.25) is 0 Å². The molecular formula is C11H14. The Morgan fingerprint density at radius 3 is 2.45 bits per heavy atom.